The molecule has 0 spiro atoms. The van der Waals surface area contributed by atoms with Crippen molar-refractivity contribution in [2.24, 2.45) is 0 Å². The number of halogens is 2. The number of carbonyl (C=O) groups excluding carboxylic acids is 1. The van der Waals surface area contributed by atoms with Crippen LogP contribution < -0.4 is 0 Å². The molecule has 0 radical (unpaired) electrons. The Morgan fingerprint density at radius 1 is 1.18 bits per heavy atom. The van der Waals surface area contributed by atoms with Crippen LogP contribution in [-0.4, -0.2) is 32.3 Å². The van der Waals surface area contributed by atoms with E-state index in [1.165, 1.54) is 11.0 Å². The fourth-order valence-corrected chi connectivity index (χ4v) is 4.44. The van der Waals surface area contributed by atoms with Gasteiger partial charge in [-0.2, -0.15) is 0 Å². The van der Waals surface area contributed by atoms with Crippen molar-refractivity contribution >= 4 is 13.5 Å². The van der Waals surface area contributed by atoms with Gasteiger partial charge in [-0.15, -0.1) is 0 Å². The maximum atomic E-state index is 13.4. The fraction of sp³-hybridized carbons (Fsp3) is 0.500. The minimum Gasteiger partial charge on any atom is -0.332 e. The van der Waals surface area contributed by atoms with Crippen molar-refractivity contribution in [3.8, 4) is 0 Å². The van der Waals surface area contributed by atoms with Crippen LogP contribution in [0.5, 0.6) is 0 Å². The smallest absolute Gasteiger partial charge is 0.332 e. The highest BCUT2D eigenvalue weighted by Gasteiger charge is 2.51. The molecule has 0 saturated carbocycles. The standard InChI is InChI=1S/C14H16F2NO4P/c15-10-5-4-8(6-11(10)16)12-3-1-2-9-7-13(22(19,20)21)14(18)17(9)12/h4-6,9,12-13H,1-3,7H2,(H2,19,20,21). The fourth-order valence-electron chi connectivity index (χ4n) is 3.50. The molecule has 3 unspecified atom stereocenters. The molecule has 1 aromatic rings. The van der Waals surface area contributed by atoms with E-state index < -0.39 is 36.8 Å². The summed E-state index contributed by atoms with van der Waals surface area (Å²) in [5, 5.41) is 0. The number of carbonyl (C=O) groups is 1. The third-order valence-corrected chi connectivity index (χ3v) is 5.76. The second-order valence-corrected chi connectivity index (χ2v) is 7.66. The Labute approximate surface area is 126 Å². The quantitative estimate of drug-likeness (QED) is 0.816. The molecule has 2 N–H and O–H groups in total. The minimum atomic E-state index is -4.50. The lowest BCUT2D eigenvalue weighted by atomic mass is 9.92. The van der Waals surface area contributed by atoms with E-state index in [0.717, 1.165) is 18.6 Å². The zero-order valence-corrected chi connectivity index (χ0v) is 12.5. The first-order valence-electron chi connectivity index (χ1n) is 7.11. The number of fused-ring (bicyclic) bond motifs is 1. The van der Waals surface area contributed by atoms with Gasteiger partial charge in [-0.05, 0) is 43.4 Å². The Morgan fingerprint density at radius 3 is 2.55 bits per heavy atom. The van der Waals surface area contributed by atoms with Gasteiger partial charge in [-0.1, -0.05) is 6.07 Å². The molecule has 3 rings (SSSR count). The summed E-state index contributed by atoms with van der Waals surface area (Å²) in [6, 6.07) is 2.77. The predicted octanol–water partition coefficient (Wildman–Crippen LogP) is 2.34. The van der Waals surface area contributed by atoms with Gasteiger partial charge in [-0.25, -0.2) is 8.78 Å². The first-order chi connectivity index (χ1) is 10.3. The maximum Gasteiger partial charge on any atom is 0.338 e. The number of amides is 1. The van der Waals surface area contributed by atoms with E-state index in [9.17, 15) is 27.9 Å². The monoisotopic (exact) mass is 331 g/mol. The largest absolute Gasteiger partial charge is 0.338 e. The zero-order valence-electron chi connectivity index (χ0n) is 11.7. The summed E-state index contributed by atoms with van der Waals surface area (Å²) >= 11 is 0. The van der Waals surface area contributed by atoms with Crippen LogP contribution in [-0.2, 0) is 9.36 Å². The van der Waals surface area contributed by atoms with Gasteiger partial charge in [0.15, 0.2) is 11.6 Å². The van der Waals surface area contributed by atoms with Crippen molar-refractivity contribution < 1.29 is 27.9 Å². The van der Waals surface area contributed by atoms with Gasteiger partial charge < -0.3 is 14.7 Å². The lowest BCUT2D eigenvalue weighted by Crippen LogP contribution is -2.40. The van der Waals surface area contributed by atoms with E-state index in [2.05, 4.69) is 0 Å². The lowest BCUT2D eigenvalue weighted by molar-refractivity contribution is -0.132. The molecule has 2 aliphatic heterocycles. The molecule has 2 heterocycles. The molecule has 2 aliphatic rings. The number of hydrogen-bond donors (Lipinski definition) is 2. The van der Waals surface area contributed by atoms with Gasteiger partial charge in [0.25, 0.3) is 0 Å². The average molecular weight is 331 g/mol. The van der Waals surface area contributed by atoms with Gasteiger partial charge in [-0.3, -0.25) is 9.36 Å². The lowest BCUT2D eigenvalue weighted by Gasteiger charge is -2.38. The van der Waals surface area contributed by atoms with Crippen molar-refractivity contribution in [1.29, 1.82) is 0 Å². The molecule has 2 saturated heterocycles. The van der Waals surface area contributed by atoms with Crippen LogP contribution in [0.15, 0.2) is 18.2 Å². The van der Waals surface area contributed by atoms with Gasteiger partial charge in [0.2, 0.25) is 5.91 Å². The topological polar surface area (TPSA) is 77.8 Å². The minimum absolute atomic E-state index is 0.114. The third kappa shape index (κ3) is 2.57. The molecule has 3 atom stereocenters. The number of rotatable bonds is 2. The van der Waals surface area contributed by atoms with E-state index >= 15 is 0 Å². The van der Waals surface area contributed by atoms with Crippen molar-refractivity contribution in [2.75, 3.05) is 0 Å². The SMILES string of the molecule is O=C1C(P(=O)(O)O)CC2CCCC(c3ccc(F)c(F)c3)N12. The number of nitrogens with zero attached hydrogens (tertiary/aromatic N) is 1. The summed E-state index contributed by atoms with van der Waals surface area (Å²) < 4.78 is 38.0. The Balaban J connectivity index is 1.94. The van der Waals surface area contributed by atoms with E-state index in [0.29, 0.717) is 18.4 Å². The normalized spacial score (nSPS) is 28.8. The van der Waals surface area contributed by atoms with E-state index in [4.69, 9.17) is 0 Å². The van der Waals surface area contributed by atoms with Crippen LogP contribution in [0, 0.1) is 11.6 Å². The van der Waals surface area contributed by atoms with E-state index in [1.54, 1.807) is 0 Å². The molecule has 0 aliphatic carbocycles. The van der Waals surface area contributed by atoms with Crippen LogP contribution in [0.3, 0.4) is 0 Å². The van der Waals surface area contributed by atoms with Crippen LogP contribution in [0.4, 0.5) is 8.78 Å². The van der Waals surface area contributed by atoms with Crippen molar-refractivity contribution in [1.82, 2.24) is 4.90 Å². The Hall–Kier alpha value is -1.30. The second-order valence-electron chi connectivity index (χ2n) is 5.86. The third-order valence-electron chi connectivity index (χ3n) is 4.51. The highest BCUT2D eigenvalue weighted by atomic mass is 31.2. The maximum absolute atomic E-state index is 13.4. The number of piperidine rings is 1. The van der Waals surface area contributed by atoms with Crippen LogP contribution in [0.25, 0.3) is 0 Å². The van der Waals surface area contributed by atoms with Crippen LogP contribution >= 0.6 is 7.60 Å². The zero-order chi connectivity index (χ0) is 16.1. The molecule has 2 fully saturated rings. The molecule has 0 aromatic heterocycles. The summed E-state index contributed by atoms with van der Waals surface area (Å²) in [5.74, 6) is -2.54. The van der Waals surface area contributed by atoms with Gasteiger partial charge >= 0.3 is 7.60 Å². The Bertz CT molecular complexity index is 662. The highest BCUT2D eigenvalue weighted by molar-refractivity contribution is 7.53. The van der Waals surface area contributed by atoms with Crippen molar-refractivity contribution in [2.45, 2.75) is 43.4 Å². The molecule has 120 valence electrons. The summed E-state index contributed by atoms with van der Waals surface area (Å²) in [7, 11) is -4.50. The molecule has 1 amide bonds. The highest BCUT2D eigenvalue weighted by Crippen LogP contribution is 2.52. The summed E-state index contributed by atoms with van der Waals surface area (Å²) in [5.41, 5.74) is -0.855. The van der Waals surface area contributed by atoms with Crippen molar-refractivity contribution in [3.05, 3.63) is 35.4 Å². The Morgan fingerprint density at radius 2 is 1.91 bits per heavy atom. The van der Waals surface area contributed by atoms with Crippen molar-refractivity contribution in [3.63, 3.8) is 0 Å². The second kappa shape index (κ2) is 5.41. The molecule has 22 heavy (non-hydrogen) atoms. The number of benzene rings is 1. The summed E-state index contributed by atoms with van der Waals surface area (Å²) in [4.78, 5) is 32.5. The molecule has 8 heteroatoms. The van der Waals surface area contributed by atoms with E-state index in [1.807, 2.05) is 0 Å². The molecule has 0 bridgehead atoms. The van der Waals surface area contributed by atoms with Gasteiger partial charge in [0, 0.05) is 6.04 Å². The molecule has 5 nitrogen and oxygen atoms in total. The van der Waals surface area contributed by atoms with Gasteiger partial charge in [0.1, 0.15) is 5.66 Å². The molecular weight excluding hydrogens is 315 g/mol. The van der Waals surface area contributed by atoms with Gasteiger partial charge in [0.05, 0.1) is 6.04 Å². The van der Waals surface area contributed by atoms with E-state index in [-0.39, 0.29) is 12.5 Å². The number of hydrogen-bond acceptors (Lipinski definition) is 2. The first kappa shape index (κ1) is 15.6. The Kier molecular flexibility index (Phi) is 3.83. The predicted molar refractivity (Wildman–Crippen MR) is 74.0 cm³/mol. The molecule has 1 aromatic carbocycles. The summed E-state index contributed by atoms with van der Waals surface area (Å²) in [6.07, 6.45) is 2.12. The van der Waals surface area contributed by atoms with Crippen LogP contribution in [0.2, 0.25) is 0 Å². The van der Waals surface area contributed by atoms with Crippen LogP contribution in [0.1, 0.15) is 37.3 Å². The average Bonchev–Trinajstić information content (AvgIpc) is 2.79. The first-order valence-corrected chi connectivity index (χ1v) is 8.79. The summed E-state index contributed by atoms with van der Waals surface area (Å²) in [6.45, 7) is 0. The molecular formula is C14H16F2NO4P.